The molecule has 0 heterocycles. The van der Waals surface area contributed by atoms with Crippen molar-refractivity contribution in [2.75, 3.05) is 11.9 Å². The Labute approximate surface area is 210 Å². The van der Waals surface area contributed by atoms with Crippen LogP contribution in [0, 0.1) is 0 Å². The topological polar surface area (TPSA) is 47.6 Å². The average Bonchev–Trinajstić information content (AvgIpc) is 2.75. The van der Waals surface area contributed by atoms with Crippen LogP contribution in [-0.4, -0.2) is 12.5 Å². The number of carbonyl (C=O) groups is 1. The minimum Gasteiger partial charge on any atom is -0.490 e. The number of ether oxygens (including phenoxy) is 2. The Morgan fingerprint density at radius 3 is 2.53 bits per heavy atom. The van der Waals surface area contributed by atoms with E-state index < -0.39 is 0 Å². The van der Waals surface area contributed by atoms with Gasteiger partial charge in [-0.15, -0.1) is 0 Å². The van der Waals surface area contributed by atoms with Crippen LogP contribution < -0.4 is 14.8 Å². The van der Waals surface area contributed by atoms with Gasteiger partial charge in [0.15, 0.2) is 11.5 Å². The molecule has 0 aliphatic rings. The highest BCUT2D eigenvalue weighted by Gasteiger charge is 2.13. The predicted molar refractivity (Wildman–Crippen MR) is 135 cm³/mol. The average molecular weight is 556 g/mol. The Hall–Kier alpha value is -2.18. The standard InChI is InChI=1S/C24H19BrCl3NO3/c1-2-31-22-12-15(7-10-23(30)29-21-9-8-17(26)13-20(21)28)11-18(25)24(22)32-14-16-5-3-4-6-19(16)27/h3-13H,2,14H2,1H3,(H,29,30)/b10-7+. The lowest BCUT2D eigenvalue weighted by atomic mass is 10.1. The third kappa shape index (κ3) is 6.66. The van der Waals surface area contributed by atoms with Crippen molar-refractivity contribution < 1.29 is 14.3 Å². The zero-order valence-corrected chi connectivity index (χ0v) is 20.9. The van der Waals surface area contributed by atoms with Crippen LogP contribution in [0.15, 0.2) is 65.1 Å². The van der Waals surface area contributed by atoms with E-state index in [0.29, 0.717) is 43.3 Å². The first-order valence-electron chi connectivity index (χ1n) is 9.64. The smallest absolute Gasteiger partial charge is 0.248 e. The third-order valence-corrected chi connectivity index (χ3v) is 5.78. The molecule has 0 atom stereocenters. The highest BCUT2D eigenvalue weighted by molar-refractivity contribution is 9.10. The number of amides is 1. The van der Waals surface area contributed by atoms with Gasteiger partial charge in [-0.3, -0.25) is 4.79 Å². The van der Waals surface area contributed by atoms with Crippen LogP contribution in [0.5, 0.6) is 11.5 Å². The van der Waals surface area contributed by atoms with Gasteiger partial charge in [0.2, 0.25) is 5.91 Å². The molecule has 0 saturated heterocycles. The molecule has 0 spiro atoms. The summed E-state index contributed by atoms with van der Waals surface area (Å²) in [6, 6.07) is 16.0. The minimum absolute atomic E-state index is 0.289. The molecule has 3 aromatic rings. The number of rotatable bonds is 8. The summed E-state index contributed by atoms with van der Waals surface area (Å²) in [6.07, 6.45) is 3.08. The predicted octanol–water partition coefficient (Wildman–Crippen LogP) is 8.04. The van der Waals surface area contributed by atoms with E-state index in [9.17, 15) is 4.79 Å². The number of hydrogen-bond donors (Lipinski definition) is 1. The second kappa shape index (κ2) is 11.6. The molecule has 1 N–H and O–H groups in total. The lowest BCUT2D eigenvalue weighted by Crippen LogP contribution is -2.08. The summed E-state index contributed by atoms with van der Waals surface area (Å²) in [5.41, 5.74) is 2.10. The summed E-state index contributed by atoms with van der Waals surface area (Å²) >= 11 is 21.7. The zero-order valence-electron chi connectivity index (χ0n) is 17.0. The second-order valence-electron chi connectivity index (χ2n) is 6.59. The van der Waals surface area contributed by atoms with Crippen molar-refractivity contribution >= 4 is 68.4 Å². The van der Waals surface area contributed by atoms with Crippen molar-refractivity contribution in [3.63, 3.8) is 0 Å². The quantitative estimate of drug-likeness (QED) is 0.286. The molecule has 0 bridgehead atoms. The van der Waals surface area contributed by atoms with Crippen LogP contribution in [0.2, 0.25) is 15.1 Å². The highest BCUT2D eigenvalue weighted by Crippen LogP contribution is 2.38. The Morgan fingerprint density at radius 1 is 1.03 bits per heavy atom. The lowest BCUT2D eigenvalue weighted by molar-refractivity contribution is -0.111. The molecule has 32 heavy (non-hydrogen) atoms. The van der Waals surface area contributed by atoms with Crippen molar-refractivity contribution in [3.05, 3.63) is 91.3 Å². The van der Waals surface area contributed by atoms with E-state index in [0.717, 1.165) is 11.1 Å². The number of carbonyl (C=O) groups excluding carboxylic acids is 1. The molecule has 166 valence electrons. The fraction of sp³-hybridized carbons (Fsp3) is 0.125. The number of benzene rings is 3. The molecule has 0 aliphatic heterocycles. The van der Waals surface area contributed by atoms with E-state index in [4.69, 9.17) is 44.3 Å². The summed E-state index contributed by atoms with van der Waals surface area (Å²) < 4.78 is 12.4. The molecular weight excluding hydrogens is 537 g/mol. The second-order valence-corrected chi connectivity index (χ2v) is 8.70. The molecule has 3 rings (SSSR count). The molecular formula is C24H19BrCl3NO3. The van der Waals surface area contributed by atoms with E-state index in [1.54, 1.807) is 30.3 Å². The van der Waals surface area contributed by atoms with Crippen molar-refractivity contribution in [2.24, 2.45) is 0 Å². The summed E-state index contributed by atoms with van der Waals surface area (Å²) in [7, 11) is 0. The maximum absolute atomic E-state index is 12.3. The van der Waals surface area contributed by atoms with Crippen LogP contribution in [-0.2, 0) is 11.4 Å². The molecule has 0 unspecified atom stereocenters. The molecule has 0 radical (unpaired) electrons. The maximum atomic E-state index is 12.3. The molecule has 1 amide bonds. The van der Waals surface area contributed by atoms with Crippen molar-refractivity contribution in [3.8, 4) is 11.5 Å². The first-order valence-corrected chi connectivity index (χ1v) is 11.6. The van der Waals surface area contributed by atoms with Crippen molar-refractivity contribution in [2.45, 2.75) is 13.5 Å². The number of anilines is 1. The fourth-order valence-corrected chi connectivity index (χ4v) is 4.01. The summed E-state index contributed by atoms with van der Waals surface area (Å²) in [5, 5.41) is 4.21. The van der Waals surface area contributed by atoms with Crippen LogP contribution in [0.4, 0.5) is 5.69 Å². The Morgan fingerprint density at radius 2 is 1.81 bits per heavy atom. The van der Waals surface area contributed by atoms with Gasteiger partial charge < -0.3 is 14.8 Å². The van der Waals surface area contributed by atoms with E-state index in [1.807, 2.05) is 37.3 Å². The number of halogens is 4. The van der Waals surface area contributed by atoms with Gasteiger partial charge in [0.1, 0.15) is 6.61 Å². The fourth-order valence-electron chi connectivity index (χ4n) is 2.79. The van der Waals surface area contributed by atoms with Gasteiger partial charge in [0, 0.05) is 21.7 Å². The minimum atomic E-state index is -0.331. The monoisotopic (exact) mass is 553 g/mol. The normalized spacial score (nSPS) is 10.9. The molecule has 3 aromatic carbocycles. The molecule has 0 aliphatic carbocycles. The van der Waals surface area contributed by atoms with Gasteiger partial charge in [0.05, 0.1) is 21.8 Å². The number of nitrogens with one attached hydrogen (secondary N) is 1. The first-order chi connectivity index (χ1) is 15.4. The third-order valence-electron chi connectivity index (χ3n) is 4.28. The van der Waals surface area contributed by atoms with Gasteiger partial charge >= 0.3 is 0 Å². The van der Waals surface area contributed by atoms with Gasteiger partial charge in [-0.05, 0) is 70.9 Å². The molecule has 4 nitrogen and oxygen atoms in total. The van der Waals surface area contributed by atoms with Gasteiger partial charge in [0.25, 0.3) is 0 Å². The highest BCUT2D eigenvalue weighted by atomic mass is 79.9. The summed E-state index contributed by atoms with van der Waals surface area (Å²) in [4.78, 5) is 12.3. The maximum Gasteiger partial charge on any atom is 0.248 e. The summed E-state index contributed by atoms with van der Waals surface area (Å²) in [6.45, 7) is 2.63. The first kappa shape index (κ1) is 24.5. The SMILES string of the molecule is CCOc1cc(/C=C/C(=O)Nc2ccc(Cl)cc2Cl)cc(Br)c1OCc1ccccc1Cl. The lowest BCUT2D eigenvalue weighted by Gasteiger charge is -2.15. The van der Waals surface area contributed by atoms with Crippen molar-refractivity contribution in [1.82, 2.24) is 0 Å². The van der Waals surface area contributed by atoms with Gasteiger partial charge in [-0.2, -0.15) is 0 Å². The van der Waals surface area contributed by atoms with Crippen LogP contribution in [0.1, 0.15) is 18.1 Å². The van der Waals surface area contributed by atoms with E-state index in [2.05, 4.69) is 21.2 Å². The van der Waals surface area contributed by atoms with Gasteiger partial charge in [-0.1, -0.05) is 53.0 Å². The Balaban J connectivity index is 1.75. The van der Waals surface area contributed by atoms with Crippen LogP contribution in [0.3, 0.4) is 0 Å². The van der Waals surface area contributed by atoms with Crippen LogP contribution >= 0.6 is 50.7 Å². The Kier molecular flexibility index (Phi) is 8.88. The van der Waals surface area contributed by atoms with Gasteiger partial charge in [-0.25, -0.2) is 0 Å². The molecule has 0 aromatic heterocycles. The van der Waals surface area contributed by atoms with E-state index in [1.165, 1.54) is 6.08 Å². The molecule has 0 fully saturated rings. The number of hydrogen-bond acceptors (Lipinski definition) is 3. The molecule has 8 heteroatoms. The zero-order chi connectivity index (χ0) is 23.1. The van der Waals surface area contributed by atoms with Crippen molar-refractivity contribution in [1.29, 1.82) is 0 Å². The van der Waals surface area contributed by atoms with Crippen LogP contribution in [0.25, 0.3) is 6.08 Å². The van der Waals surface area contributed by atoms with E-state index in [-0.39, 0.29) is 12.5 Å². The summed E-state index contributed by atoms with van der Waals surface area (Å²) in [5.74, 6) is 0.776. The van der Waals surface area contributed by atoms with E-state index >= 15 is 0 Å². The Bertz CT molecular complexity index is 1150. The molecule has 0 saturated carbocycles. The largest absolute Gasteiger partial charge is 0.490 e.